The topological polar surface area (TPSA) is 51.9 Å². The highest BCUT2D eigenvalue weighted by Gasteiger charge is 2.16. The molecule has 0 aliphatic heterocycles. The van der Waals surface area contributed by atoms with Gasteiger partial charge in [-0.05, 0) is 25.5 Å². The van der Waals surface area contributed by atoms with Crippen molar-refractivity contribution in [3.63, 3.8) is 0 Å². The summed E-state index contributed by atoms with van der Waals surface area (Å²) in [4.78, 5) is 12.5. The second-order valence-electron chi connectivity index (χ2n) is 5.32. The quantitative estimate of drug-likeness (QED) is 0.785. The molecule has 0 saturated heterocycles. The van der Waals surface area contributed by atoms with E-state index in [4.69, 9.17) is 0 Å². The molecule has 2 heterocycles. The third-order valence-electron chi connectivity index (χ3n) is 3.97. The number of anilines is 1. The summed E-state index contributed by atoms with van der Waals surface area (Å²) in [7, 11) is 3.77. The lowest BCUT2D eigenvalue weighted by Gasteiger charge is -2.07. The van der Waals surface area contributed by atoms with Gasteiger partial charge in [-0.15, -0.1) is 0 Å². The summed E-state index contributed by atoms with van der Waals surface area (Å²) in [5, 5.41) is 8.14. The van der Waals surface area contributed by atoms with Crippen LogP contribution in [0.1, 0.15) is 21.7 Å². The van der Waals surface area contributed by atoms with Gasteiger partial charge in [0.2, 0.25) is 0 Å². The van der Waals surface area contributed by atoms with Crippen LogP contribution in [-0.2, 0) is 14.1 Å². The molecular formula is C16H18N4O. The summed E-state index contributed by atoms with van der Waals surface area (Å²) in [6, 6.07) is 8.00. The molecule has 5 nitrogen and oxygen atoms in total. The highest BCUT2D eigenvalue weighted by Crippen LogP contribution is 2.23. The molecule has 21 heavy (non-hydrogen) atoms. The number of benzene rings is 1. The van der Waals surface area contributed by atoms with Crippen molar-refractivity contribution in [2.24, 2.45) is 14.1 Å². The summed E-state index contributed by atoms with van der Waals surface area (Å²) in [6.07, 6.45) is 1.67. The van der Waals surface area contributed by atoms with Gasteiger partial charge in [0.1, 0.15) is 5.69 Å². The fourth-order valence-corrected chi connectivity index (χ4v) is 2.65. The number of fused-ring (bicyclic) bond motifs is 1. The van der Waals surface area contributed by atoms with E-state index in [1.54, 1.807) is 10.9 Å². The predicted octanol–water partition coefficient (Wildman–Crippen LogP) is 2.78. The predicted molar refractivity (Wildman–Crippen MR) is 83.6 cm³/mol. The van der Waals surface area contributed by atoms with Gasteiger partial charge >= 0.3 is 0 Å². The zero-order valence-corrected chi connectivity index (χ0v) is 12.6. The zero-order valence-electron chi connectivity index (χ0n) is 12.6. The van der Waals surface area contributed by atoms with Crippen LogP contribution in [0, 0.1) is 13.8 Å². The van der Waals surface area contributed by atoms with Crippen LogP contribution in [0.5, 0.6) is 0 Å². The van der Waals surface area contributed by atoms with Crippen molar-refractivity contribution in [3.05, 3.63) is 47.4 Å². The maximum Gasteiger partial charge on any atom is 0.272 e. The number of carbonyl (C=O) groups is 1. The number of amides is 1. The average Bonchev–Trinajstić information content (AvgIpc) is 2.95. The molecule has 0 radical (unpaired) electrons. The fraction of sp³-hybridized carbons (Fsp3) is 0.250. The summed E-state index contributed by atoms with van der Waals surface area (Å²) < 4.78 is 3.67. The van der Waals surface area contributed by atoms with Crippen LogP contribution in [0.25, 0.3) is 10.9 Å². The van der Waals surface area contributed by atoms with Crippen molar-refractivity contribution in [2.75, 3.05) is 5.32 Å². The number of para-hydroxylation sites is 1. The second kappa shape index (κ2) is 4.77. The molecule has 0 aliphatic rings. The van der Waals surface area contributed by atoms with Crippen LogP contribution in [0.2, 0.25) is 0 Å². The van der Waals surface area contributed by atoms with Gasteiger partial charge < -0.3 is 9.88 Å². The summed E-state index contributed by atoms with van der Waals surface area (Å²) in [5.74, 6) is -0.121. The van der Waals surface area contributed by atoms with Crippen LogP contribution in [0.4, 0.5) is 5.69 Å². The molecule has 0 atom stereocenters. The van der Waals surface area contributed by atoms with Crippen molar-refractivity contribution in [1.82, 2.24) is 14.3 Å². The molecule has 1 N–H and O–H groups in total. The van der Waals surface area contributed by atoms with Crippen LogP contribution in [-0.4, -0.2) is 20.3 Å². The van der Waals surface area contributed by atoms with E-state index in [1.165, 1.54) is 0 Å². The molecule has 0 fully saturated rings. The molecule has 3 aromatic rings. The second-order valence-corrected chi connectivity index (χ2v) is 5.32. The van der Waals surface area contributed by atoms with E-state index in [0.717, 1.165) is 27.8 Å². The minimum absolute atomic E-state index is 0.121. The molecule has 2 aromatic heterocycles. The standard InChI is InChI=1S/C16H18N4O/c1-10-6-5-7-12-8-14(19(3)15(10)12)16(21)18-13-9-17-20(4)11(13)2/h5-9H,1-4H3,(H,18,21). The number of aromatic nitrogens is 3. The van der Waals surface area contributed by atoms with E-state index in [1.807, 2.05) is 43.8 Å². The Morgan fingerprint density at radius 1 is 1.24 bits per heavy atom. The minimum atomic E-state index is -0.121. The molecule has 5 heteroatoms. The van der Waals surface area contributed by atoms with E-state index in [0.29, 0.717) is 5.69 Å². The van der Waals surface area contributed by atoms with Gasteiger partial charge in [0.25, 0.3) is 5.91 Å². The van der Waals surface area contributed by atoms with E-state index in [-0.39, 0.29) is 5.91 Å². The maximum absolute atomic E-state index is 12.5. The molecule has 3 rings (SSSR count). The third kappa shape index (κ3) is 2.11. The maximum atomic E-state index is 12.5. The Kier molecular flexibility index (Phi) is 3.05. The van der Waals surface area contributed by atoms with Crippen molar-refractivity contribution in [3.8, 4) is 0 Å². The van der Waals surface area contributed by atoms with Crippen molar-refractivity contribution < 1.29 is 4.79 Å². The number of aryl methyl sites for hydroxylation is 3. The Balaban J connectivity index is 2.01. The van der Waals surface area contributed by atoms with Gasteiger partial charge in [0.05, 0.1) is 23.1 Å². The number of nitrogens with one attached hydrogen (secondary N) is 1. The highest BCUT2D eigenvalue weighted by atomic mass is 16.2. The molecule has 0 spiro atoms. The number of hydrogen-bond donors (Lipinski definition) is 1. The first-order valence-electron chi connectivity index (χ1n) is 6.84. The molecule has 0 saturated carbocycles. The molecule has 0 aliphatic carbocycles. The Hall–Kier alpha value is -2.56. The first-order valence-corrected chi connectivity index (χ1v) is 6.84. The van der Waals surface area contributed by atoms with Gasteiger partial charge in [0.15, 0.2) is 0 Å². The Morgan fingerprint density at radius 3 is 2.62 bits per heavy atom. The number of rotatable bonds is 2. The lowest BCUT2D eigenvalue weighted by Crippen LogP contribution is -2.16. The van der Waals surface area contributed by atoms with Gasteiger partial charge in [-0.25, -0.2) is 0 Å². The molecule has 1 amide bonds. The van der Waals surface area contributed by atoms with E-state index >= 15 is 0 Å². The first-order chi connectivity index (χ1) is 9.99. The van der Waals surface area contributed by atoms with Crippen LogP contribution in [0.3, 0.4) is 0 Å². The fourth-order valence-electron chi connectivity index (χ4n) is 2.65. The molecule has 0 bridgehead atoms. The highest BCUT2D eigenvalue weighted by molar-refractivity contribution is 6.06. The Bertz CT molecular complexity index is 841. The number of hydrogen-bond acceptors (Lipinski definition) is 2. The third-order valence-corrected chi connectivity index (χ3v) is 3.97. The summed E-state index contributed by atoms with van der Waals surface area (Å²) in [5.41, 5.74) is 4.56. The van der Waals surface area contributed by atoms with Gasteiger partial charge in [0, 0.05) is 19.5 Å². The van der Waals surface area contributed by atoms with E-state index in [2.05, 4.69) is 23.4 Å². The van der Waals surface area contributed by atoms with E-state index in [9.17, 15) is 4.79 Å². The van der Waals surface area contributed by atoms with Crippen molar-refractivity contribution in [1.29, 1.82) is 0 Å². The average molecular weight is 282 g/mol. The molecule has 1 aromatic carbocycles. The molecular weight excluding hydrogens is 264 g/mol. The lowest BCUT2D eigenvalue weighted by molar-refractivity contribution is 0.101. The van der Waals surface area contributed by atoms with Gasteiger partial charge in [-0.1, -0.05) is 18.2 Å². The van der Waals surface area contributed by atoms with Gasteiger partial charge in [-0.3, -0.25) is 9.48 Å². The normalized spacial score (nSPS) is 11.0. The monoisotopic (exact) mass is 282 g/mol. The minimum Gasteiger partial charge on any atom is -0.339 e. The molecule has 108 valence electrons. The Morgan fingerprint density at radius 2 is 2.00 bits per heavy atom. The van der Waals surface area contributed by atoms with Crippen molar-refractivity contribution >= 4 is 22.5 Å². The number of nitrogens with zero attached hydrogens (tertiary/aromatic N) is 3. The van der Waals surface area contributed by atoms with Crippen molar-refractivity contribution in [2.45, 2.75) is 13.8 Å². The van der Waals surface area contributed by atoms with Crippen LogP contribution < -0.4 is 5.32 Å². The number of carbonyl (C=O) groups excluding carboxylic acids is 1. The molecule has 0 unspecified atom stereocenters. The smallest absolute Gasteiger partial charge is 0.272 e. The summed E-state index contributed by atoms with van der Waals surface area (Å²) in [6.45, 7) is 3.98. The van der Waals surface area contributed by atoms with Crippen LogP contribution >= 0.6 is 0 Å². The zero-order chi connectivity index (χ0) is 15.1. The van der Waals surface area contributed by atoms with Crippen LogP contribution in [0.15, 0.2) is 30.5 Å². The Labute approximate surface area is 123 Å². The SMILES string of the molecule is Cc1cccc2cc(C(=O)Nc3cnn(C)c3C)n(C)c12. The summed E-state index contributed by atoms with van der Waals surface area (Å²) >= 11 is 0. The van der Waals surface area contributed by atoms with E-state index < -0.39 is 0 Å². The largest absolute Gasteiger partial charge is 0.339 e. The first kappa shape index (κ1) is 13.4. The lowest BCUT2D eigenvalue weighted by atomic mass is 10.2. The van der Waals surface area contributed by atoms with Gasteiger partial charge in [-0.2, -0.15) is 5.10 Å².